The summed E-state index contributed by atoms with van der Waals surface area (Å²) in [7, 11) is 0. The molecule has 0 aromatic rings. The summed E-state index contributed by atoms with van der Waals surface area (Å²) >= 11 is 0. The smallest absolute Gasteiger partial charge is 0.183 e. The first-order valence-corrected chi connectivity index (χ1v) is 7.45. The minimum absolute atomic E-state index is 0.593. The van der Waals surface area contributed by atoms with E-state index in [1.807, 2.05) is 0 Å². The first kappa shape index (κ1) is 16.9. The topological polar surface area (TPSA) is 90.2 Å². The average molecular weight is 276 g/mol. The van der Waals surface area contributed by atoms with Gasteiger partial charge >= 0.3 is 0 Å². The molecule has 0 spiro atoms. The zero-order chi connectivity index (χ0) is 14.3. The van der Waals surface area contributed by atoms with Crippen LogP contribution in [0.25, 0.3) is 0 Å². The molecular formula is C14H28O5. The second-order valence-corrected chi connectivity index (χ2v) is 5.45. The summed E-state index contributed by atoms with van der Waals surface area (Å²) in [6.45, 7) is 2.19. The standard InChI is InChI=1S/C14H28O5/c1-2-3-4-5-6-7-8-9-10-11(15)12(16)13(17)14(18)19-10/h10-18H,2-9H2,1H3/t10-,11+,12+,13-,14+/m1/s1. The molecular weight excluding hydrogens is 248 g/mol. The lowest BCUT2D eigenvalue weighted by atomic mass is 9.95. The maximum absolute atomic E-state index is 9.75. The molecule has 1 aliphatic heterocycles. The van der Waals surface area contributed by atoms with Crippen LogP contribution in [-0.2, 0) is 4.74 Å². The molecule has 0 amide bonds. The minimum atomic E-state index is -1.43. The third-order valence-electron chi connectivity index (χ3n) is 3.78. The molecule has 1 aliphatic rings. The number of hydrogen-bond acceptors (Lipinski definition) is 5. The van der Waals surface area contributed by atoms with Crippen LogP contribution in [-0.4, -0.2) is 51.1 Å². The SMILES string of the molecule is CCCCCCCCC[C@H]1O[C@H](O)[C@H](O)[C@@H](O)[C@H]1O. The van der Waals surface area contributed by atoms with Gasteiger partial charge in [-0.15, -0.1) is 0 Å². The Morgan fingerprint density at radius 3 is 1.95 bits per heavy atom. The Morgan fingerprint density at radius 1 is 0.737 bits per heavy atom. The summed E-state index contributed by atoms with van der Waals surface area (Å²) < 4.78 is 5.12. The molecule has 1 fully saturated rings. The number of ether oxygens (including phenoxy) is 1. The van der Waals surface area contributed by atoms with Gasteiger partial charge in [0.05, 0.1) is 6.10 Å². The third kappa shape index (κ3) is 5.36. The van der Waals surface area contributed by atoms with E-state index < -0.39 is 30.7 Å². The van der Waals surface area contributed by atoms with Crippen molar-refractivity contribution in [2.75, 3.05) is 0 Å². The fraction of sp³-hybridized carbons (Fsp3) is 1.00. The Kier molecular flexibility index (Phi) is 7.87. The van der Waals surface area contributed by atoms with Gasteiger partial charge in [0, 0.05) is 0 Å². The van der Waals surface area contributed by atoms with Crippen molar-refractivity contribution in [2.24, 2.45) is 0 Å². The molecule has 0 saturated carbocycles. The number of aliphatic hydroxyl groups excluding tert-OH is 4. The first-order valence-electron chi connectivity index (χ1n) is 7.45. The number of unbranched alkanes of at least 4 members (excludes halogenated alkanes) is 6. The molecule has 5 atom stereocenters. The van der Waals surface area contributed by atoms with Crippen LogP contribution >= 0.6 is 0 Å². The molecule has 5 heteroatoms. The van der Waals surface area contributed by atoms with Crippen molar-refractivity contribution in [2.45, 2.75) is 89.0 Å². The molecule has 0 radical (unpaired) electrons. The van der Waals surface area contributed by atoms with Gasteiger partial charge in [-0.05, 0) is 6.42 Å². The second-order valence-electron chi connectivity index (χ2n) is 5.45. The summed E-state index contributed by atoms with van der Waals surface area (Å²) in [5.74, 6) is 0. The number of hydrogen-bond donors (Lipinski definition) is 4. The number of aliphatic hydroxyl groups is 4. The van der Waals surface area contributed by atoms with Crippen LogP contribution in [0.3, 0.4) is 0 Å². The lowest BCUT2D eigenvalue weighted by Gasteiger charge is -2.38. The molecule has 0 aliphatic carbocycles. The van der Waals surface area contributed by atoms with E-state index >= 15 is 0 Å². The summed E-state index contributed by atoms with van der Waals surface area (Å²) in [5, 5.41) is 38.0. The van der Waals surface area contributed by atoms with E-state index in [0.717, 1.165) is 19.3 Å². The summed E-state index contributed by atoms with van der Waals surface area (Å²) in [5.41, 5.74) is 0. The monoisotopic (exact) mass is 276 g/mol. The Balaban J connectivity index is 2.15. The second kappa shape index (κ2) is 8.87. The van der Waals surface area contributed by atoms with Gasteiger partial charge in [0.1, 0.15) is 18.3 Å². The highest BCUT2D eigenvalue weighted by Crippen LogP contribution is 2.23. The molecule has 114 valence electrons. The minimum Gasteiger partial charge on any atom is -0.388 e. The van der Waals surface area contributed by atoms with Crippen molar-refractivity contribution in [3.05, 3.63) is 0 Å². The van der Waals surface area contributed by atoms with Crippen molar-refractivity contribution >= 4 is 0 Å². The van der Waals surface area contributed by atoms with Crippen LogP contribution in [0.4, 0.5) is 0 Å². The fourth-order valence-corrected chi connectivity index (χ4v) is 2.47. The summed E-state index contributed by atoms with van der Waals surface area (Å²) in [6, 6.07) is 0. The zero-order valence-electron chi connectivity index (χ0n) is 11.7. The lowest BCUT2D eigenvalue weighted by Crippen LogP contribution is -2.57. The molecule has 19 heavy (non-hydrogen) atoms. The van der Waals surface area contributed by atoms with E-state index in [1.165, 1.54) is 25.7 Å². The van der Waals surface area contributed by atoms with Gasteiger partial charge in [0.15, 0.2) is 6.29 Å². The van der Waals surface area contributed by atoms with Crippen LogP contribution in [0.15, 0.2) is 0 Å². The van der Waals surface area contributed by atoms with Gasteiger partial charge in [0.2, 0.25) is 0 Å². The maximum atomic E-state index is 9.75. The molecule has 0 aromatic heterocycles. The summed E-state index contributed by atoms with van der Waals surface area (Å²) in [4.78, 5) is 0. The highest BCUT2D eigenvalue weighted by molar-refractivity contribution is 4.88. The molecule has 5 nitrogen and oxygen atoms in total. The van der Waals surface area contributed by atoms with Crippen LogP contribution in [0.5, 0.6) is 0 Å². The first-order chi connectivity index (χ1) is 9.07. The Bertz CT molecular complexity index is 236. The predicted octanol–water partition coefficient (Wildman–Crippen LogP) is 0.927. The normalized spacial score (nSPS) is 35.5. The van der Waals surface area contributed by atoms with Crippen molar-refractivity contribution in [1.82, 2.24) is 0 Å². The fourth-order valence-electron chi connectivity index (χ4n) is 2.47. The van der Waals surface area contributed by atoms with E-state index in [9.17, 15) is 20.4 Å². The molecule has 0 bridgehead atoms. The van der Waals surface area contributed by atoms with Gasteiger partial charge in [-0.3, -0.25) is 0 Å². The van der Waals surface area contributed by atoms with Crippen molar-refractivity contribution in [3.63, 3.8) is 0 Å². The van der Waals surface area contributed by atoms with Crippen LogP contribution < -0.4 is 0 Å². The van der Waals surface area contributed by atoms with Crippen LogP contribution in [0.2, 0.25) is 0 Å². The van der Waals surface area contributed by atoms with E-state index in [2.05, 4.69) is 6.92 Å². The Hall–Kier alpha value is -0.200. The predicted molar refractivity (Wildman–Crippen MR) is 71.5 cm³/mol. The van der Waals surface area contributed by atoms with E-state index in [4.69, 9.17) is 4.74 Å². The molecule has 0 unspecified atom stereocenters. The van der Waals surface area contributed by atoms with Gasteiger partial charge in [0.25, 0.3) is 0 Å². The molecule has 1 rings (SSSR count). The van der Waals surface area contributed by atoms with E-state index in [0.29, 0.717) is 6.42 Å². The number of rotatable bonds is 8. The molecule has 0 aromatic carbocycles. The maximum Gasteiger partial charge on any atom is 0.183 e. The molecule has 1 heterocycles. The largest absolute Gasteiger partial charge is 0.388 e. The van der Waals surface area contributed by atoms with E-state index in [1.54, 1.807) is 0 Å². The van der Waals surface area contributed by atoms with Gasteiger partial charge in [-0.1, -0.05) is 51.9 Å². The summed E-state index contributed by atoms with van der Waals surface area (Å²) in [6.07, 6.45) is 2.82. The highest BCUT2D eigenvalue weighted by Gasteiger charge is 2.42. The van der Waals surface area contributed by atoms with Crippen LogP contribution in [0, 0.1) is 0 Å². The van der Waals surface area contributed by atoms with E-state index in [-0.39, 0.29) is 0 Å². The molecule has 4 N–H and O–H groups in total. The average Bonchev–Trinajstić information content (AvgIpc) is 2.41. The van der Waals surface area contributed by atoms with Crippen molar-refractivity contribution in [3.8, 4) is 0 Å². The van der Waals surface area contributed by atoms with Crippen molar-refractivity contribution in [1.29, 1.82) is 0 Å². The van der Waals surface area contributed by atoms with Gasteiger partial charge in [-0.2, -0.15) is 0 Å². The Morgan fingerprint density at radius 2 is 1.32 bits per heavy atom. The lowest BCUT2D eigenvalue weighted by molar-refractivity contribution is -0.282. The third-order valence-corrected chi connectivity index (χ3v) is 3.78. The van der Waals surface area contributed by atoms with Gasteiger partial charge < -0.3 is 25.2 Å². The van der Waals surface area contributed by atoms with Crippen molar-refractivity contribution < 1.29 is 25.2 Å². The molecule has 1 saturated heterocycles. The quantitative estimate of drug-likeness (QED) is 0.495. The van der Waals surface area contributed by atoms with Crippen LogP contribution in [0.1, 0.15) is 58.3 Å². The van der Waals surface area contributed by atoms with Gasteiger partial charge in [-0.25, -0.2) is 0 Å². The highest BCUT2D eigenvalue weighted by atomic mass is 16.6. The zero-order valence-corrected chi connectivity index (χ0v) is 11.7. The Labute approximate surface area is 115 Å².